The second-order valence-corrected chi connectivity index (χ2v) is 4.20. The largest absolute Gasteiger partial charge is 0.368 e. The highest BCUT2D eigenvalue weighted by Crippen LogP contribution is 2.23. The van der Waals surface area contributed by atoms with E-state index in [0.717, 1.165) is 29.7 Å². The molecule has 4 heteroatoms. The molecular weight excluding hydrogens is 212 g/mol. The van der Waals surface area contributed by atoms with Crippen LogP contribution < -0.4 is 10.6 Å². The lowest BCUT2D eigenvalue weighted by Crippen LogP contribution is -2.20. The van der Waals surface area contributed by atoms with Gasteiger partial charge in [-0.1, -0.05) is 25.5 Å². The van der Waals surface area contributed by atoms with Crippen molar-refractivity contribution < 1.29 is 0 Å². The number of hydrogen-bond donors (Lipinski definition) is 1. The molecule has 0 aliphatic rings. The molecule has 1 aromatic heterocycles. The Balaban J connectivity index is 2.44. The van der Waals surface area contributed by atoms with Crippen molar-refractivity contribution in [3.8, 4) is 0 Å². The molecule has 0 spiro atoms. The monoisotopic (exact) mass is 230 g/mol. The fraction of sp³-hybridized carbons (Fsp3) is 0.385. The van der Waals surface area contributed by atoms with Crippen LogP contribution in [0.3, 0.4) is 0 Å². The van der Waals surface area contributed by atoms with Gasteiger partial charge < -0.3 is 10.6 Å². The van der Waals surface area contributed by atoms with Crippen molar-refractivity contribution in [3.05, 3.63) is 24.3 Å². The van der Waals surface area contributed by atoms with E-state index in [1.165, 1.54) is 6.42 Å². The summed E-state index contributed by atoms with van der Waals surface area (Å²) < 4.78 is 0. The van der Waals surface area contributed by atoms with Crippen molar-refractivity contribution >= 4 is 22.7 Å². The van der Waals surface area contributed by atoms with E-state index in [9.17, 15) is 0 Å². The number of rotatable bonds is 4. The summed E-state index contributed by atoms with van der Waals surface area (Å²) in [7, 11) is 2.05. The van der Waals surface area contributed by atoms with Crippen LogP contribution in [0.4, 0.5) is 11.8 Å². The van der Waals surface area contributed by atoms with E-state index < -0.39 is 0 Å². The van der Waals surface area contributed by atoms with Gasteiger partial charge in [0.1, 0.15) is 5.82 Å². The zero-order chi connectivity index (χ0) is 12.3. The van der Waals surface area contributed by atoms with Crippen LogP contribution in [0.15, 0.2) is 24.3 Å². The lowest BCUT2D eigenvalue weighted by atomic mass is 10.2. The van der Waals surface area contributed by atoms with E-state index in [2.05, 4.69) is 21.8 Å². The van der Waals surface area contributed by atoms with E-state index in [-0.39, 0.29) is 0 Å². The van der Waals surface area contributed by atoms with Gasteiger partial charge in [-0.3, -0.25) is 0 Å². The van der Waals surface area contributed by atoms with Crippen molar-refractivity contribution in [2.24, 2.45) is 0 Å². The molecule has 90 valence electrons. The number of unbranched alkanes of at least 4 members (excludes halogenated alkanes) is 1. The van der Waals surface area contributed by atoms with Gasteiger partial charge in [-0.25, -0.2) is 4.98 Å². The molecule has 1 aromatic carbocycles. The summed E-state index contributed by atoms with van der Waals surface area (Å²) in [6.45, 7) is 3.16. The van der Waals surface area contributed by atoms with Gasteiger partial charge in [-0.15, -0.1) is 0 Å². The van der Waals surface area contributed by atoms with Crippen LogP contribution in [0, 0.1) is 0 Å². The van der Waals surface area contributed by atoms with Crippen LogP contribution in [0.25, 0.3) is 10.9 Å². The maximum absolute atomic E-state index is 5.74. The van der Waals surface area contributed by atoms with Crippen LogP contribution in [-0.4, -0.2) is 23.6 Å². The molecule has 2 aromatic rings. The van der Waals surface area contributed by atoms with Crippen molar-refractivity contribution in [1.82, 2.24) is 9.97 Å². The Labute approximate surface area is 101 Å². The number of hydrogen-bond acceptors (Lipinski definition) is 4. The Morgan fingerprint density at radius 3 is 2.76 bits per heavy atom. The number of aromatic nitrogens is 2. The average molecular weight is 230 g/mol. The summed E-state index contributed by atoms with van der Waals surface area (Å²) >= 11 is 0. The van der Waals surface area contributed by atoms with Crippen LogP contribution in [-0.2, 0) is 0 Å². The molecule has 1 heterocycles. The highest BCUT2D eigenvalue weighted by atomic mass is 15.2. The Morgan fingerprint density at radius 1 is 1.24 bits per heavy atom. The predicted octanol–water partition coefficient (Wildman–Crippen LogP) is 2.45. The van der Waals surface area contributed by atoms with Gasteiger partial charge in [-0.05, 0) is 18.6 Å². The molecule has 0 unspecified atom stereocenters. The van der Waals surface area contributed by atoms with Gasteiger partial charge in [0.05, 0.1) is 5.52 Å². The predicted molar refractivity (Wildman–Crippen MR) is 72.1 cm³/mol. The molecule has 0 fully saturated rings. The molecule has 2 N–H and O–H groups in total. The number of benzene rings is 1. The first-order valence-electron chi connectivity index (χ1n) is 5.95. The zero-order valence-electron chi connectivity index (χ0n) is 10.3. The van der Waals surface area contributed by atoms with Gasteiger partial charge in [0.25, 0.3) is 0 Å². The average Bonchev–Trinajstić information content (AvgIpc) is 2.34. The molecule has 0 amide bonds. The quantitative estimate of drug-likeness (QED) is 0.876. The van der Waals surface area contributed by atoms with Gasteiger partial charge in [0.2, 0.25) is 5.95 Å². The first-order chi connectivity index (χ1) is 8.22. The van der Waals surface area contributed by atoms with E-state index in [0.29, 0.717) is 5.95 Å². The fourth-order valence-corrected chi connectivity index (χ4v) is 1.87. The van der Waals surface area contributed by atoms with Crippen LogP contribution in [0.1, 0.15) is 19.8 Å². The molecule has 0 saturated heterocycles. The van der Waals surface area contributed by atoms with Crippen LogP contribution in [0.5, 0.6) is 0 Å². The third kappa shape index (κ3) is 2.46. The third-order valence-corrected chi connectivity index (χ3v) is 2.81. The first-order valence-corrected chi connectivity index (χ1v) is 5.95. The third-order valence-electron chi connectivity index (χ3n) is 2.81. The maximum atomic E-state index is 5.74. The number of anilines is 2. The Bertz CT molecular complexity index is 510. The highest BCUT2D eigenvalue weighted by molar-refractivity contribution is 5.90. The standard InChI is InChI=1S/C13H18N4/c1-3-4-9-17(2)12-10-7-5-6-8-11(10)15-13(14)16-12/h5-8H,3-4,9H2,1-2H3,(H2,14,15,16). The topological polar surface area (TPSA) is 55.0 Å². The van der Waals surface area contributed by atoms with Crippen molar-refractivity contribution in [2.75, 3.05) is 24.2 Å². The van der Waals surface area contributed by atoms with E-state index in [4.69, 9.17) is 5.73 Å². The van der Waals surface area contributed by atoms with Crippen molar-refractivity contribution in [3.63, 3.8) is 0 Å². The van der Waals surface area contributed by atoms with E-state index in [1.54, 1.807) is 0 Å². The molecule has 4 nitrogen and oxygen atoms in total. The Morgan fingerprint density at radius 2 is 2.00 bits per heavy atom. The molecule has 0 aliphatic carbocycles. The molecular formula is C13H18N4. The SMILES string of the molecule is CCCCN(C)c1nc(N)nc2ccccc12. The normalized spacial score (nSPS) is 10.7. The summed E-state index contributed by atoms with van der Waals surface area (Å²) in [6.07, 6.45) is 2.32. The number of para-hydroxylation sites is 1. The summed E-state index contributed by atoms with van der Waals surface area (Å²) in [5.41, 5.74) is 6.64. The minimum absolute atomic E-state index is 0.335. The molecule has 17 heavy (non-hydrogen) atoms. The van der Waals surface area contributed by atoms with Crippen LogP contribution in [0.2, 0.25) is 0 Å². The van der Waals surface area contributed by atoms with Crippen LogP contribution >= 0.6 is 0 Å². The molecule has 0 atom stereocenters. The Hall–Kier alpha value is -1.84. The van der Waals surface area contributed by atoms with Crippen molar-refractivity contribution in [2.45, 2.75) is 19.8 Å². The minimum atomic E-state index is 0.335. The molecule has 0 radical (unpaired) electrons. The van der Waals surface area contributed by atoms with E-state index >= 15 is 0 Å². The lowest BCUT2D eigenvalue weighted by molar-refractivity contribution is 0.761. The van der Waals surface area contributed by atoms with Gasteiger partial charge in [0.15, 0.2) is 0 Å². The highest BCUT2D eigenvalue weighted by Gasteiger charge is 2.09. The first kappa shape index (κ1) is 11.6. The maximum Gasteiger partial charge on any atom is 0.222 e. The zero-order valence-corrected chi connectivity index (χ0v) is 10.3. The second kappa shape index (κ2) is 4.99. The van der Waals surface area contributed by atoms with Gasteiger partial charge in [0, 0.05) is 19.0 Å². The number of nitrogen functional groups attached to an aromatic ring is 1. The number of nitrogens with zero attached hydrogens (tertiary/aromatic N) is 3. The summed E-state index contributed by atoms with van der Waals surface area (Å²) in [5.74, 6) is 1.25. The smallest absolute Gasteiger partial charge is 0.222 e. The number of nitrogens with two attached hydrogens (primary N) is 1. The number of fused-ring (bicyclic) bond motifs is 1. The second-order valence-electron chi connectivity index (χ2n) is 4.20. The molecule has 0 bridgehead atoms. The van der Waals surface area contributed by atoms with Gasteiger partial charge in [-0.2, -0.15) is 4.98 Å². The fourth-order valence-electron chi connectivity index (χ4n) is 1.87. The molecule has 0 saturated carbocycles. The van der Waals surface area contributed by atoms with Gasteiger partial charge >= 0.3 is 0 Å². The molecule has 2 rings (SSSR count). The van der Waals surface area contributed by atoms with Crippen molar-refractivity contribution in [1.29, 1.82) is 0 Å². The minimum Gasteiger partial charge on any atom is -0.368 e. The summed E-state index contributed by atoms with van der Waals surface area (Å²) in [6, 6.07) is 7.96. The Kier molecular flexibility index (Phi) is 3.42. The lowest BCUT2D eigenvalue weighted by Gasteiger charge is -2.19. The molecule has 0 aliphatic heterocycles. The summed E-state index contributed by atoms with van der Waals surface area (Å²) in [4.78, 5) is 10.7. The summed E-state index contributed by atoms with van der Waals surface area (Å²) in [5, 5.41) is 1.06. The van der Waals surface area contributed by atoms with E-state index in [1.807, 2.05) is 31.3 Å².